The van der Waals surface area contributed by atoms with Crippen molar-refractivity contribution in [1.82, 2.24) is 15.1 Å². The summed E-state index contributed by atoms with van der Waals surface area (Å²) in [5.74, 6) is 0. The van der Waals surface area contributed by atoms with Crippen LogP contribution in [0.25, 0.3) is 11.3 Å². The number of aryl methyl sites for hydroxylation is 1. The first-order valence-electron chi connectivity index (χ1n) is 6.19. The predicted molar refractivity (Wildman–Crippen MR) is 77.2 cm³/mol. The summed E-state index contributed by atoms with van der Waals surface area (Å²) in [6.07, 6.45) is 2.03. The standard InChI is InChI=1S/C14H18ClN3O/c1-18-10-12(9-16-7-8-19-2)14(17-18)11-3-5-13(15)6-4-11/h3-6,10,16H,7-9H2,1-2H3. The van der Waals surface area contributed by atoms with Crippen molar-refractivity contribution in [3.63, 3.8) is 0 Å². The van der Waals surface area contributed by atoms with Gasteiger partial charge in [-0.1, -0.05) is 23.7 Å². The van der Waals surface area contributed by atoms with Gasteiger partial charge in [-0.3, -0.25) is 4.68 Å². The van der Waals surface area contributed by atoms with Crippen molar-refractivity contribution in [2.45, 2.75) is 6.54 Å². The van der Waals surface area contributed by atoms with Crippen LogP contribution in [0.5, 0.6) is 0 Å². The molecule has 1 aromatic carbocycles. The number of aromatic nitrogens is 2. The van der Waals surface area contributed by atoms with E-state index in [4.69, 9.17) is 16.3 Å². The zero-order chi connectivity index (χ0) is 13.7. The molecule has 0 radical (unpaired) electrons. The molecular formula is C14H18ClN3O. The van der Waals surface area contributed by atoms with Crippen molar-refractivity contribution in [3.8, 4) is 11.3 Å². The maximum Gasteiger partial charge on any atom is 0.0968 e. The topological polar surface area (TPSA) is 39.1 Å². The maximum atomic E-state index is 5.91. The van der Waals surface area contributed by atoms with Crippen molar-refractivity contribution < 1.29 is 4.74 Å². The molecule has 19 heavy (non-hydrogen) atoms. The summed E-state index contributed by atoms with van der Waals surface area (Å²) in [5, 5.41) is 8.58. The zero-order valence-electron chi connectivity index (χ0n) is 11.2. The van der Waals surface area contributed by atoms with Crippen molar-refractivity contribution in [3.05, 3.63) is 41.0 Å². The molecule has 0 saturated heterocycles. The Labute approximate surface area is 118 Å². The lowest BCUT2D eigenvalue weighted by Crippen LogP contribution is -2.18. The third-order valence-corrected chi connectivity index (χ3v) is 3.07. The fourth-order valence-corrected chi connectivity index (χ4v) is 2.04. The highest BCUT2D eigenvalue weighted by atomic mass is 35.5. The third-order valence-electron chi connectivity index (χ3n) is 2.82. The fourth-order valence-electron chi connectivity index (χ4n) is 1.92. The molecule has 0 aliphatic rings. The molecule has 102 valence electrons. The predicted octanol–water partition coefficient (Wildman–Crippen LogP) is 2.48. The van der Waals surface area contributed by atoms with E-state index in [1.165, 1.54) is 5.56 Å². The minimum absolute atomic E-state index is 0.705. The number of ether oxygens (including phenoxy) is 1. The first kappa shape index (κ1) is 14.1. The van der Waals surface area contributed by atoms with Crippen LogP contribution >= 0.6 is 11.6 Å². The summed E-state index contributed by atoms with van der Waals surface area (Å²) in [7, 11) is 3.63. The molecule has 1 heterocycles. The van der Waals surface area contributed by atoms with Crippen LogP contribution in [0.4, 0.5) is 0 Å². The van der Waals surface area contributed by atoms with Crippen LogP contribution in [0.1, 0.15) is 5.56 Å². The number of nitrogens with one attached hydrogen (secondary N) is 1. The quantitative estimate of drug-likeness (QED) is 0.826. The number of nitrogens with zero attached hydrogens (tertiary/aromatic N) is 2. The molecule has 1 N–H and O–H groups in total. The lowest BCUT2D eigenvalue weighted by atomic mass is 10.1. The van der Waals surface area contributed by atoms with Crippen molar-refractivity contribution in [1.29, 1.82) is 0 Å². The molecule has 0 aliphatic carbocycles. The van der Waals surface area contributed by atoms with E-state index in [9.17, 15) is 0 Å². The molecule has 5 heteroatoms. The van der Waals surface area contributed by atoms with Crippen molar-refractivity contribution >= 4 is 11.6 Å². The van der Waals surface area contributed by atoms with E-state index >= 15 is 0 Å². The molecule has 0 amide bonds. The van der Waals surface area contributed by atoms with Crippen LogP contribution in [0.3, 0.4) is 0 Å². The molecule has 0 atom stereocenters. The number of benzene rings is 1. The van der Waals surface area contributed by atoms with E-state index in [2.05, 4.69) is 10.4 Å². The Morgan fingerprint density at radius 2 is 2.05 bits per heavy atom. The third kappa shape index (κ3) is 3.80. The molecule has 2 aromatic rings. The average Bonchev–Trinajstić information content (AvgIpc) is 2.77. The van der Waals surface area contributed by atoms with Gasteiger partial charge in [0.1, 0.15) is 0 Å². The van der Waals surface area contributed by atoms with Gasteiger partial charge in [-0.05, 0) is 12.1 Å². The van der Waals surface area contributed by atoms with Crippen LogP contribution in [0.2, 0.25) is 5.02 Å². The molecular weight excluding hydrogens is 262 g/mol. The van der Waals surface area contributed by atoms with Crippen LogP contribution in [-0.4, -0.2) is 30.0 Å². The Bertz CT molecular complexity index is 522. The van der Waals surface area contributed by atoms with E-state index in [0.29, 0.717) is 6.61 Å². The Kier molecular flexibility index (Phi) is 4.96. The molecule has 0 fully saturated rings. The summed E-state index contributed by atoms with van der Waals surface area (Å²) in [5.41, 5.74) is 3.23. The Balaban J connectivity index is 2.13. The van der Waals surface area contributed by atoms with E-state index in [1.54, 1.807) is 7.11 Å². The molecule has 0 spiro atoms. The Morgan fingerprint density at radius 1 is 1.32 bits per heavy atom. The van der Waals surface area contributed by atoms with Crippen LogP contribution in [0, 0.1) is 0 Å². The van der Waals surface area contributed by atoms with Gasteiger partial charge < -0.3 is 10.1 Å². The highest BCUT2D eigenvalue weighted by molar-refractivity contribution is 6.30. The molecule has 2 rings (SSSR count). The van der Waals surface area contributed by atoms with E-state index in [-0.39, 0.29) is 0 Å². The van der Waals surface area contributed by atoms with Gasteiger partial charge in [0.05, 0.1) is 12.3 Å². The first-order valence-corrected chi connectivity index (χ1v) is 6.56. The maximum absolute atomic E-state index is 5.91. The molecule has 0 saturated carbocycles. The van der Waals surface area contributed by atoms with E-state index < -0.39 is 0 Å². The summed E-state index contributed by atoms with van der Waals surface area (Å²) in [6.45, 7) is 2.30. The smallest absolute Gasteiger partial charge is 0.0968 e. The molecule has 1 aromatic heterocycles. The van der Waals surface area contributed by atoms with E-state index in [1.807, 2.05) is 42.2 Å². The lowest BCUT2D eigenvalue weighted by Gasteiger charge is -2.04. The highest BCUT2D eigenvalue weighted by Gasteiger charge is 2.09. The van der Waals surface area contributed by atoms with Gasteiger partial charge in [-0.25, -0.2) is 0 Å². The highest BCUT2D eigenvalue weighted by Crippen LogP contribution is 2.23. The second-order valence-electron chi connectivity index (χ2n) is 4.35. The van der Waals surface area contributed by atoms with Gasteiger partial charge in [0.25, 0.3) is 0 Å². The monoisotopic (exact) mass is 279 g/mol. The van der Waals surface area contributed by atoms with Crippen molar-refractivity contribution in [2.75, 3.05) is 20.3 Å². The van der Waals surface area contributed by atoms with E-state index in [0.717, 1.165) is 29.4 Å². The normalized spacial score (nSPS) is 10.9. The largest absolute Gasteiger partial charge is 0.383 e. The van der Waals surface area contributed by atoms with Gasteiger partial charge in [-0.2, -0.15) is 5.10 Å². The number of hydrogen-bond acceptors (Lipinski definition) is 3. The van der Waals surface area contributed by atoms with Gasteiger partial charge in [-0.15, -0.1) is 0 Å². The number of halogens is 1. The van der Waals surface area contributed by atoms with Gasteiger partial charge in [0, 0.05) is 49.6 Å². The minimum Gasteiger partial charge on any atom is -0.383 e. The number of hydrogen-bond donors (Lipinski definition) is 1. The summed E-state index contributed by atoms with van der Waals surface area (Å²) >= 11 is 5.91. The molecule has 4 nitrogen and oxygen atoms in total. The first-order chi connectivity index (χ1) is 9.20. The van der Waals surface area contributed by atoms with Crippen LogP contribution < -0.4 is 5.32 Å². The summed E-state index contributed by atoms with van der Waals surface area (Å²) < 4.78 is 6.85. The van der Waals surface area contributed by atoms with Gasteiger partial charge in [0.15, 0.2) is 0 Å². The Hall–Kier alpha value is -1.36. The van der Waals surface area contributed by atoms with Crippen molar-refractivity contribution in [2.24, 2.45) is 7.05 Å². The number of methoxy groups -OCH3 is 1. The zero-order valence-corrected chi connectivity index (χ0v) is 11.9. The number of rotatable bonds is 6. The fraction of sp³-hybridized carbons (Fsp3) is 0.357. The minimum atomic E-state index is 0.705. The summed E-state index contributed by atoms with van der Waals surface area (Å²) in [6, 6.07) is 7.74. The van der Waals surface area contributed by atoms with Crippen LogP contribution in [-0.2, 0) is 18.3 Å². The molecule has 0 unspecified atom stereocenters. The Morgan fingerprint density at radius 3 is 2.74 bits per heavy atom. The molecule has 0 bridgehead atoms. The van der Waals surface area contributed by atoms with Gasteiger partial charge in [0.2, 0.25) is 0 Å². The summed E-state index contributed by atoms with van der Waals surface area (Å²) in [4.78, 5) is 0. The van der Waals surface area contributed by atoms with Crippen LogP contribution in [0.15, 0.2) is 30.5 Å². The SMILES string of the molecule is COCCNCc1cn(C)nc1-c1ccc(Cl)cc1. The second kappa shape index (κ2) is 6.70. The van der Waals surface area contributed by atoms with Gasteiger partial charge >= 0.3 is 0 Å². The molecule has 0 aliphatic heterocycles. The average molecular weight is 280 g/mol. The second-order valence-corrected chi connectivity index (χ2v) is 4.79. The lowest BCUT2D eigenvalue weighted by molar-refractivity contribution is 0.199.